The van der Waals surface area contributed by atoms with E-state index in [1.165, 1.54) is 24.3 Å². The van der Waals surface area contributed by atoms with Crippen LogP contribution in [0.1, 0.15) is 43.2 Å². The van der Waals surface area contributed by atoms with Crippen molar-refractivity contribution >= 4 is 43.8 Å². The zero-order valence-electron chi connectivity index (χ0n) is 21.1. The lowest BCUT2D eigenvalue weighted by molar-refractivity contribution is -0.0482. The average molecular weight is 587 g/mol. The van der Waals surface area contributed by atoms with Gasteiger partial charge in [0.2, 0.25) is 0 Å². The highest BCUT2D eigenvalue weighted by atomic mass is 32.2. The standard InChI is InChI=1S/C26H34O7S4/c1-20-4-8-22(9-5-20)36(28,29)32-18-25(19-33-37(30,31)23-10-6-21(2)7-11-23)12-14-26(27,15-13-25)24-34-16-3-17-35-24/h4-11,24,27H,3,12-19H2,1-2H3. The van der Waals surface area contributed by atoms with Crippen molar-refractivity contribution in [2.24, 2.45) is 5.41 Å². The number of aryl methyl sites for hydroxylation is 2. The molecule has 2 aromatic carbocycles. The summed E-state index contributed by atoms with van der Waals surface area (Å²) in [5, 5.41) is 11.4. The molecule has 1 saturated heterocycles. The summed E-state index contributed by atoms with van der Waals surface area (Å²) in [7, 11) is -8.10. The molecule has 0 spiro atoms. The second-order valence-electron chi connectivity index (χ2n) is 10.1. The molecule has 1 N–H and O–H groups in total. The van der Waals surface area contributed by atoms with Crippen LogP contribution in [-0.2, 0) is 28.6 Å². The van der Waals surface area contributed by atoms with Crippen LogP contribution in [0.5, 0.6) is 0 Å². The third-order valence-corrected chi connectivity index (χ3v) is 13.0. The van der Waals surface area contributed by atoms with Crippen LogP contribution < -0.4 is 0 Å². The number of hydrogen-bond donors (Lipinski definition) is 1. The third kappa shape index (κ3) is 7.12. The van der Waals surface area contributed by atoms with Gasteiger partial charge < -0.3 is 5.11 Å². The molecule has 1 saturated carbocycles. The molecule has 1 heterocycles. The van der Waals surface area contributed by atoms with Crippen molar-refractivity contribution in [2.45, 2.75) is 65.9 Å². The summed E-state index contributed by atoms with van der Waals surface area (Å²) in [6, 6.07) is 12.8. The van der Waals surface area contributed by atoms with E-state index in [1.54, 1.807) is 47.8 Å². The van der Waals surface area contributed by atoms with Crippen molar-refractivity contribution < 1.29 is 30.3 Å². The summed E-state index contributed by atoms with van der Waals surface area (Å²) in [5.41, 5.74) is 0.0711. The minimum absolute atomic E-state index is 0.0452. The first-order valence-corrected chi connectivity index (χ1v) is 17.2. The molecule has 0 radical (unpaired) electrons. The average Bonchev–Trinajstić information content (AvgIpc) is 2.89. The lowest BCUT2D eigenvalue weighted by Crippen LogP contribution is -2.49. The van der Waals surface area contributed by atoms with E-state index in [4.69, 9.17) is 8.37 Å². The largest absolute Gasteiger partial charge is 0.388 e. The molecule has 0 aromatic heterocycles. The van der Waals surface area contributed by atoms with E-state index in [1.807, 2.05) is 13.8 Å². The highest BCUT2D eigenvalue weighted by molar-refractivity contribution is 8.17. The van der Waals surface area contributed by atoms with Crippen LogP contribution >= 0.6 is 23.5 Å². The Morgan fingerprint density at radius 3 is 1.57 bits per heavy atom. The zero-order chi connectivity index (χ0) is 26.7. The van der Waals surface area contributed by atoms with Gasteiger partial charge in [-0.15, -0.1) is 23.5 Å². The Balaban J connectivity index is 1.52. The lowest BCUT2D eigenvalue weighted by Gasteiger charge is -2.46. The van der Waals surface area contributed by atoms with E-state index >= 15 is 0 Å². The fourth-order valence-electron chi connectivity index (χ4n) is 4.53. The fourth-order valence-corrected chi connectivity index (χ4v) is 9.84. The van der Waals surface area contributed by atoms with Crippen molar-refractivity contribution in [3.63, 3.8) is 0 Å². The summed E-state index contributed by atoms with van der Waals surface area (Å²) >= 11 is 3.52. The maximum atomic E-state index is 12.9. The minimum Gasteiger partial charge on any atom is -0.388 e. The third-order valence-electron chi connectivity index (χ3n) is 7.10. The van der Waals surface area contributed by atoms with E-state index in [2.05, 4.69) is 0 Å². The van der Waals surface area contributed by atoms with Gasteiger partial charge in [0.15, 0.2) is 0 Å². The van der Waals surface area contributed by atoms with Crippen LogP contribution in [0.4, 0.5) is 0 Å². The van der Waals surface area contributed by atoms with Gasteiger partial charge in [-0.05, 0) is 81.7 Å². The Morgan fingerprint density at radius 2 is 1.16 bits per heavy atom. The van der Waals surface area contributed by atoms with Crippen LogP contribution in [0.3, 0.4) is 0 Å². The summed E-state index contributed by atoms with van der Waals surface area (Å²) < 4.78 is 62.7. The Morgan fingerprint density at radius 1 is 0.757 bits per heavy atom. The highest BCUT2D eigenvalue weighted by Crippen LogP contribution is 2.50. The molecule has 37 heavy (non-hydrogen) atoms. The molecule has 0 unspecified atom stereocenters. The van der Waals surface area contributed by atoms with Gasteiger partial charge in [-0.1, -0.05) is 35.4 Å². The fraction of sp³-hybridized carbons (Fsp3) is 0.538. The number of benzene rings is 2. The normalized spacial score (nSPS) is 20.5. The van der Waals surface area contributed by atoms with Gasteiger partial charge in [0.1, 0.15) is 0 Å². The molecule has 7 nitrogen and oxygen atoms in total. The second kappa shape index (κ2) is 11.6. The molecule has 4 rings (SSSR count). The molecule has 2 fully saturated rings. The lowest BCUT2D eigenvalue weighted by atomic mass is 9.70. The second-order valence-corrected chi connectivity index (χ2v) is 16.0. The molecule has 0 bridgehead atoms. The predicted octanol–water partition coefficient (Wildman–Crippen LogP) is 4.90. The number of rotatable bonds is 9. The molecule has 2 aromatic rings. The maximum absolute atomic E-state index is 12.9. The molecular formula is C26H34O7S4. The minimum atomic E-state index is -4.05. The molecule has 1 aliphatic carbocycles. The van der Waals surface area contributed by atoms with Gasteiger partial charge in [0.25, 0.3) is 20.2 Å². The highest BCUT2D eigenvalue weighted by Gasteiger charge is 2.48. The molecule has 204 valence electrons. The first-order valence-electron chi connectivity index (χ1n) is 12.3. The van der Waals surface area contributed by atoms with Crippen molar-refractivity contribution in [3.05, 3.63) is 59.7 Å². The van der Waals surface area contributed by atoms with E-state index in [9.17, 15) is 21.9 Å². The smallest absolute Gasteiger partial charge is 0.296 e. The quantitative estimate of drug-likeness (QED) is 0.411. The zero-order valence-corrected chi connectivity index (χ0v) is 24.4. The summed E-state index contributed by atoms with van der Waals surface area (Å²) in [6.45, 7) is 3.27. The molecule has 0 atom stereocenters. The van der Waals surface area contributed by atoms with Crippen LogP contribution in [0.15, 0.2) is 58.3 Å². The van der Waals surface area contributed by atoms with E-state index in [0.717, 1.165) is 29.1 Å². The van der Waals surface area contributed by atoms with Gasteiger partial charge in [-0.2, -0.15) is 16.8 Å². The SMILES string of the molecule is Cc1ccc(S(=O)(=O)OCC2(COS(=O)(=O)c3ccc(C)cc3)CCC(O)(C3SCCCS3)CC2)cc1. The first-order chi connectivity index (χ1) is 17.4. The van der Waals surface area contributed by atoms with Crippen LogP contribution in [-0.4, -0.2) is 56.8 Å². The monoisotopic (exact) mass is 586 g/mol. The van der Waals surface area contributed by atoms with Gasteiger partial charge in [0, 0.05) is 5.41 Å². The first kappa shape index (κ1) is 28.9. The van der Waals surface area contributed by atoms with Crippen molar-refractivity contribution in [2.75, 3.05) is 24.7 Å². The molecule has 0 amide bonds. The molecular weight excluding hydrogens is 553 g/mol. The summed E-state index contributed by atoms with van der Waals surface area (Å²) in [5.74, 6) is 2.00. The topological polar surface area (TPSA) is 107 Å². The van der Waals surface area contributed by atoms with Crippen molar-refractivity contribution in [3.8, 4) is 0 Å². The van der Waals surface area contributed by atoms with Crippen LogP contribution in [0.25, 0.3) is 0 Å². The van der Waals surface area contributed by atoms with Crippen LogP contribution in [0.2, 0.25) is 0 Å². The van der Waals surface area contributed by atoms with E-state index < -0.39 is 31.3 Å². The maximum Gasteiger partial charge on any atom is 0.296 e. The Labute approximate surface area is 229 Å². The molecule has 1 aliphatic heterocycles. The predicted molar refractivity (Wildman–Crippen MR) is 148 cm³/mol. The molecule has 2 aliphatic rings. The number of aliphatic hydroxyl groups is 1. The number of hydrogen-bond acceptors (Lipinski definition) is 9. The van der Waals surface area contributed by atoms with Gasteiger partial charge >= 0.3 is 0 Å². The number of thioether (sulfide) groups is 2. The summed E-state index contributed by atoms with van der Waals surface area (Å²) in [6.07, 6.45) is 2.71. The van der Waals surface area contributed by atoms with Crippen molar-refractivity contribution in [1.82, 2.24) is 0 Å². The Hall–Kier alpha value is -1.08. The molecule has 11 heteroatoms. The van der Waals surface area contributed by atoms with E-state index in [-0.39, 0.29) is 27.6 Å². The Kier molecular flexibility index (Phi) is 9.04. The summed E-state index contributed by atoms with van der Waals surface area (Å²) in [4.78, 5) is 0.0903. The van der Waals surface area contributed by atoms with Crippen LogP contribution in [0, 0.1) is 19.3 Å². The Bertz CT molecular complexity index is 1180. The van der Waals surface area contributed by atoms with Gasteiger partial charge in [-0.25, -0.2) is 0 Å². The van der Waals surface area contributed by atoms with Gasteiger partial charge in [-0.3, -0.25) is 8.37 Å². The van der Waals surface area contributed by atoms with E-state index in [0.29, 0.717) is 25.7 Å². The van der Waals surface area contributed by atoms with Crippen molar-refractivity contribution in [1.29, 1.82) is 0 Å². The van der Waals surface area contributed by atoms with Gasteiger partial charge in [0.05, 0.1) is 33.2 Å².